The lowest BCUT2D eigenvalue weighted by atomic mass is 9.76. The zero-order valence-electron chi connectivity index (χ0n) is 18.4. The number of nitrogens with zero attached hydrogens (tertiary/aromatic N) is 2. The zero-order valence-corrected chi connectivity index (χ0v) is 19.2. The summed E-state index contributed by atoms with van der Waals surface area (Å²) in [5, 5.41) is 0.771. The van der Waals surface area contributed by atoms with Crippen LogP contribution < -0.4 is 4.57 Å². The maximum absolute atomic E-state index is 6.90. The first kappa shape index (κ1) is 21.0. The highest BCUT2D eigenvalue weighted by Crippen LogP contribution is 2.43. The van der Waals surface area contributed by atoms with Gasteiger partial charge in [-0.15, -0.1) is 0 Å². The van der Waals surface area contributed by atoms with Crippen LogP contribution in [0.25, 0.3) is 0 Å². The Bertz CT molecular complexity index is 1100. The van der Waals surface area contributed by atoms with E-state index in [1.54, 1.807) is 0 Å². The van der Waals surface area contributed by atoms with E-state index in [0.717, 1.165) is 23.0 Å². The van der Waals surface area contributed by atoms with Crippen LogP contribution in [0.3, 0.4) is 0 Å². The monoisotopic (exact) mass is 441 g/mol. The van der Waals surface area contributed by atoms with Gasteiger partial charge in [0, 0.05) is 21.7 Å². The van der Waals surface area contributed by atoms with Gasteiger partial charge in [-0.2, -0.15) is 0 Å². The number of hydrogen-bond donors (Lipinski definition) is 0. The van der Waals surface area contributed by atoms with Crippen molar-refractivity contribution in [2.24, 2.45) is 5.92 Å². The van der Waals surface area contributed by atoms with Crippen molar-refractivity contribution in [2.45, 2.75) is 44.2 Å². The fourth-order valence-electron chi connectivity index (χ4n) is 5.40. The molecular weight excluding hydrogens is 412 g/mol. The Hall–Kier alpha value is -2.84. The average molecular weight is 442 g/mol. The molecule has 32 heavy (non-hydrogen) atoms. The number of hydrogen-bond acceptors (Lipinski definition) is 0. The molecule has 2 nitrogen and oxygen atoms in total. The fraction of sp³-hybridized carbons (Fsp3) is 0.276. The van der Waals surface area contributed by atoms with Gasteiger partial charge >= 0.3 is 0 Å². The summed E-state index contributed by atoms with van der Waals surface area (Å²) in [6, 6.07) is 29.7. The van der Waals surface area contributed by atoms with Gasteiger partial charge in [0.2, 0.25) is 6.33 Å². The lowest BCUT2D eigenvalue weighted by Crippen LogP contribution is -2.41. The molecule has 1 saturated carbocycles. The molecule has 3 heteroatoms. The van der Waals surface area contributed by atoms with Crippen molar-refractivity contribution in [1.82, 2.24) is 4.57 Å². The van der Waals surface area contributed by atoms with Crippen molar-refractivity contribution >= 4 is 11.6 Å². The number of imidazole rings is 1. The van der Waals surface area contributed by atoms with Crippen LogP contribution in [0.2, 0.25) is 5.02 Å². The Morgan fingerprint density at radius 2 is 1.38 bits per heavy atom. The second-order valence-corrected chi connectivity index (χ2v) is 9.35. The van der Waals surface area contributed by atoms with Gasteiger partial charge in [-0.3, -0.25) is 0 Å². The highest BCUT2D eigenvalue weighted by molar-refractivity contribution is 6.31. The number of aromatic nitrogens is 2. The second kappa shape index (κ2) is 9.34. The van der Waals surface area contributed by atoms with Gasteiger partial charge in [0.15, 0.2) is 5.54 Å². The van der Waals surface area contributed by atoms with E-state index < -0.39 is 5.54 Å². The van der Waals surface area contributed by atoms with Gasteiger partial charge < -0.3 is 0 Å². The van der Waals surface area contributed by atoms with Gasteiger partial charge in [-0.05, 0) is 24.8 Å². The van der Waals surface area contributed by atoms with Crippen LogP contribution in [0.4, 0.5) is 0 Å². The lowest BCUT2D eigenvalue weighted by molar-refractivity contribution is -0.703. The molecule has 0 spiro atoms. The first-order chi connectivity index (χ1) is 15.8. The Morgan fingerprint density at radius 3 is 2.00 bits per heavy atom. The number of rotatable bonds is 6. The van der Waals surface area contributed by atoms with Crippen LogP contribution in [-0.2, 0) is 12.1 Å². The average Bonchev–Trinajstić information content (AvgIpc) is 3.31. The smallest absolute Gasteiger partial charge is 0.237 e. The molecule has 0 atom stereocenters. The Kier molecular flexibility index (Phi) is 6.14. The third-order valence-corrected chi connectivity index (χ3v) is 7.25. The number of halogens is 1. The molecule has 1 aliphatic carbocycles. The van der Waals surface area contributed by atoms with E-state index in [9.17, 15) is 0 Å². The van der Waals surface area contributed by atoms with Crippen molar-refractivity contribution in [3.63, 3.8) is 0 Å². The van der Waals surface area contributed by atoms with Gasteiger partial charge in [0.25, 0.3) is 0 Å². The summed E-state index contributed by atoms with van der Waals surface area (Å²) >= 11 is 6.90. The van der Waals surface area contributed by atoms with E-state index >= 15 is 0 Å². The standard InChI is InChI=1S/C29H30ClN2/c30-28-19-11-10-18-27(28)29(25-14-6-2-7-15-25,26-16-8-3-9-17-26)32-21-20-31(23-32)22-24-12-4-1-5-13-24/h2-3,6-11,14-21,23-24H,1,4-5,12-13,22H2/q+1. The summed E-state index contributed by atoms with van der Waals surface area (Å²) in [6.07, 6.45) is 13.5. The van der Waals surface area contributed by atoms with Gasteiger partial charge in [-0.25, -0.2) is 9.13 Å². The second-order valence-electron chi connectivity index (χ2n) is 8.94. The summed E-state index contributed by atoms with van der Waals surface area (Å²) in [7, 11) is 0. The van der Waals surface area contributed by atoms with E-state index in [2.05, 4.69) is 101 Å². The van der Waals surface area contributed by atoms with Crippen molar-refractivity contribution in [3.05, 3.63) is 125 Å². The summed E-state index contributed by atoms with van der Waals surface area (Å²) < 4.78 is 4.72. The largest absolute Gasteiger partial charge is 0.245 e. The third-order valence-electron chi connectivity index (χ3n) is 6.92. The zero-order chi connectivity index (χ0) is 21.8. The van der Waals surface area contributed by atoms with Crippen molar-refractivity contribution < 1.29 is 4.57 Å². The van der Waals surface area contributed by atoms with Crippen LogP contribution >= 0.6 is 11.6 Å². The predicted molar refractivity (Wildman–Crippen MR) is 131 cm³/mol. The molecular formula is C29H30ClN2+. The quantitative estimate of drug-likeness (QED) is 0.228. The van der Waals surface area contributed by atoms with Crippen molar-refractivity contribution in [1.29, 1.82) is 0 Å². The third kappa shape index (κ3) is 3.89. The Balaban J connectivity index is 1.71. The SMILES string of the molecule is Clc1ccccc1C(c1ccccc1)(c1ccccc1)n1cc[n+](CC2CCCCC2)c1. The first-order valence-corrected chi connectivity index (χ1v) is 12.1. The van der Waals surface area contributed by atoms with Gasteiger partial charge in [-0.1, -0.05) is 110 Å². The Morgan fingerprint density at radius 1 is 0.781 bits per heavy atom. The Labute approximate surface area is 196 Å². The maximum atomic E-state index is 6.90. The minimum atomic E-state index is -0.557. The molecule has 0 unspecified atom stereocenters. The summed E-state index contributed by atoms with van der Waals surface area (Å²) in [4.78, 5) is 0. The van der Waals surface area contributed by atoms with Gasteiger partial charge in [0.1, 0.15) is 12.4 Å². The molecule has 0 saturated heterocycles. The summed E-state index contributed by atoms with van der Waals surface area (Å²) in [5.41, 5.74) is 2.91. The van der Waals surface area contributed by atoms with Crippen LogP contribution in [0.1, 0.15) is 48.8 Å². The topological polar surface area (TPSA) is 8.81 Å². The molecule has 1 aliphatic rings. The molecule has 0 amide bonds. The molecule has 3 aromatic carbocycles. The first-order valence-electron chi connectivity index (χ1n) is 11.7. The van der Waals surface area contributed by atoms with E-state index in [1.807, 2.05) is 12.1 Å². The minimum absolute atomic E-state index is 0.557. The molecule has 0 bridgehead atoms. The van der Waals surface area contributed by atoms with E-state index in [0.29, 0.717) is 0 Å². The van der Waals surface area contributed by atoms with Crippen molar-refractivity contribution in [3.8, 4) is 0 Å². The van der Waals surface area contributed by atoms with Crippen LogP contribution in [0.5, 0.6) is 0 Å². The highest BCUT2D eigenvalue weighted by Gasteiger charge is 2.44. The number of benzene rings is 3. The minimum Gasteiger partial charge on any atom is -0.237 e. The van der Waals surface area contributed by atoms with Crippen molar-refractivity contribution in [2.75, 3.05) is 0 Å². The fourth-order valence-corrected chi connectivity index (χ4v) is 5.67. The summed E-state index contributed by atoms with van der Waals surface area (Å²) in [5.74, 6) is 0.771. The lowest BCUT2D eigenvalue weighted by Gasteiger charge is -2.33. The molecule has 5 rings (SSSR count). The van der Waals surface area contributed by atoms with E-state index in [-0.39, 0.29) is 0 Å². The van der Waals surface area contributed by atoms with E-state index in [4.69, 9.17) is 11.6 Å². The maximum Gasteiger partial charge on any atom is 0.245 e. The molecule has 4 aromatic rings. The highest BCUT2D eigenvalue weighted by atomic mass is 35.5. The molecule has 162 valence electrons. The molecule has 1 fully saturated rings. The van der Waals surface area contributed by atoms with Crippen LogP contribution in [0.15, 0.2) is 104 Å². The van der Waals surface area contributed by atoms with E-state index in [1.165, 1.54) is 43.2 Å². The normalized spacial score (nSPS) is 15.0. The van der Waals surface area contributed by atoms with Gasteiger partial charge in [0.05, 0.1) is 6.54 Å². The molecule has 0 radical (unpaired) electrons. The predicted octanol–water partition coefficient (Wildman–Crippen LogP) is 6.85. The molecule has 1 heterocycles. The molecule has 0 N–H and O–H groups in total. The summed E-state index contributed by atoms with van der Waals surface area (Å²) in [6.45, 7) is 1.08. The molecule has 0 aliphatic heterocycles. The molecule has 1 aromatic heterocycles. The van der Waals surface area contributed by atoms with Crippen LogP contribution in [-0.4, -0.2) is 4.57 Å². The van der Waals surface area contributed by atoms with Crippen LogP contribution in [0, 0.1) is 5.92 Å².